The van der Waals surface area contributed by atoms with E-state index in [1.54, 1.807) is 23.7 Å². The van der Waals surface area contributed by atoms with Crippen LogP contribution in [0.1, 0.15) is 23.9 Å². The van der Waals surface area contributed by atoms with E-state index in [-0.39, 0.29) is 18.0 Å². The predicted octanol–water partition coefficient (Wildman–Crippen LogP) is 4.05. The number of benzene rings is 2. The smallest absolute Gasteiger partial charge is 0.278 e. The summed E-state index contributed by atoms with van der Waals surface area (Å²) in [6.07, 6.45) is 0.794. The molecular weight excluding hydrogens is 414 g/mol. The minimum Gasteiger partial charge on any atom is -0.324 e. The van der Waals surface area contributed by atoms with Gasteiger partial charge in [-0.2, -0.15) is 10.2 Å². The molecule has 1 amide bonds. The van der Waals surface area contributed by atoms with Crippen LogP contribution in [0.15, 0.2) is 53.3 Å². The molecule has 0 unspecified atom stereocenters. The number of aryl methyl sites for hydroxylation is 3. The molecule has 0 aliphatic heterocycles. The van der Waals surface area contributed by atoms with Crippen LogP contribution < -0.4 is 10.9 Å². The van der Waals surface area contributed by atoms with Gasteiger partial charge in [0.1, 0.15) is 12.1 Å². The van der Waals surface area contributed by atoms with E-state index in [0.717, 1.165) is 23.4 Å². The number of carbonyl (C=O) groups excluding carboxylic acids is 1. The first-order valence-electron chi connectivity index (χ1n) is 9.99. The molecule has 4 aromatic rings. The number of hydrogen-bond acceptors (Lipinski definition) is 4. The van der Waals surface area contributed by atoms with Gasteiger partial charge in [-0.1, -0.05) is 36.7 Å². The minimum absolute atomic E-state index is 0.181. The highest BCUT2D eigenvalue weighted by Crippen LogP contribution is 2.21. The molecule has 0 saturated carbocycles. The van der Waals surface area contributed by atoms with Crippen molar-refractivity contribution < 1.29 is 4.79 Å². The van der Waals surface area contributed by atoms with Gasteiger partial charge >= 0.3 is 0 Å². The number of fused-ring (bicyclic) bond motifs is 1. The molecule has 158 valence electrons. The van der Waals surface area contributed by atoms with E-state index in [4.69, 9.17) is 11.6 Å². The van der Waals surface area contributed by atoms with Crippen molar-refractivity contribution in [3.05, 3.63) is 80.9 Å². The number of nitrogens with one attached hydrogen (secondary N) is 1. The van der Waals surface area contributed by atoms with E-state index in [0.29, 0.717) is 27.3 Å². The highest BCUT2D eigenvalue weighted by atomic mass is 35.5. The average molecular weight is 436 g/mol. The fraction of sp³-hybridized carbons (Fsp3) is 0.217. The normalized spacial score (nSPS) is 11.1. The van der Waals surface area contributed by atoms with Crippen molar-refractivity contribution in [2.24, 2.45) is 0 Å². The van der Waals surface area contributed by atoms with E-state index in [1.807, 2.05) is 50.2 Å². The quantitative estimate of drug-likeness (QED) is 0.512. The molecule has 2 aromatic carbocycles. The summed E-state index contributed by atoms with van der Waals surface area (Å²) in [5.41, 5.74) is 3.99. The number of para-hydroxylation sites is 1. The lowest BCUT2D eigenvalue weighted by molar-refractivity contribution is -0.117. The number of carbonyl (C=O) groups is 1. The molecule has 0 spiro atoms. The Hall–Kier alpha value is -3.45. The fourth-order valence-electron chi connectivity index (χ4n) is 3.63. The molecule has 31 heavy (non-hydrogen) atoms. The van der Waals surface area contributed by atoms with Crippen molar-refractivity contribution in [2.45, 2.75) is 33.7 Å². The Morgan fingerprint density at radius 2 is 1.77 bits per heavy atom. The first kappa shape index (κ1) is 20.8. The Labute approximate surface area is 184 Å². The number of amides is 1. The predicted molar refractivity (Wildman–Crippen MR) is 122 cm³/mol. The largest absolute Gasteiger partial charge is 0.324 e. The minimum atomic E-state index is -0.350. The molecule has 2 aromatic heterocycles. The maximum Gasteiger partial charge on any atom is 0.278 e. The number of rotatable bonds is 5. The lowest BCUT2D eigenvalue weighted by atomic mass is 10.1. The Kier molecular flexibility index (Phi) is 5.61. The molecule has 4 rings (SSSR count). The fourth-order valence-corrected chi connectivity index (χ4v) is 3.76. The van der Waals surface area contributed by atoms with Crippen molar-refractivity contribution in [2.75, 3.05) is 5.32 Å². The molecule has 8 heteroatoms. The molecule has 0 bridgehead atoms. The van der Waals surface area contributed by atoms with Gasteiger partial charge < -0.3 is 5.32 Å². The molecule has 0 radical (unpaired) electrons. The Morgan fingerprint density at radius 1 is 1.06 bits per heavy atom. The van der Waals surface area contributed by atoms with Crippen molar-refractivity contribution in [3.63, 3.8) is 0 Å². The molecule has 2 heterocycles. The van der Waals surface area contributed by atoms with Crippen LogP contribution in [0.4, 0.5) is 5.69 Å². The number of anilines is 1. The molecule has 0 aliphatic rings. The van der Waals surface area contributed by atoms with Gasteiger partial charge in [0.2, 0.25) is 5.91 Å². The third-order valence-corrected chi connectivity index (χ3v) is 5.47. The number of nitrogens with zero attached hydrogens (tertiary/aromatic N) is 4. The van der Waals surface area contributed by atoms with Gasteiger partial charge in [0.25, 0.3) is 5.56 Å². The summed E-state index contributed by atoms with van der Waals surface area (Å²) in [6.45, 7) is 5.45. The summed E-state index contributed by atoms with van der Waals surface area (Å²) < 4.78 is 2.89. The molecule has 7 nitrogen and oxygen atoms in total. The zero-order valence-electron chi connectivity index (χ0n) is 17.5. The molecule has 0 aliphatic carbocycles. The maximum absolute atomic E-state index is 13.2. The van der Waals surface area contributed by atoms with Crippen molar-refractivity contribution >= 4 is 34.1 Å². The van der Waals surface area contributed by atoms with Gasteiger partial charge in [-0.3, -0.25) is 9.59 Å². The van der Waals surface area contributed by atoms with Gasteiger partial charge in [0.15, 0.2) is 0 Å². The molecular formula is C23H22ClN5O2. The van der Waals surface area contributed by atoms with Crippen LogP contribution in [-0.2, 0) is 17.8 Å². The zero-order chi connectivity index (χ0) is 22.1. The Balaban J connectivity index is 1.70. The second-order valence-electron chi connectivity index (χ2n) is 7.30. The third-order valence-electron chi connectivity index (χ3n) is 5.21. The van der Waals surface area contributed by atoms with Crippen LogP contribution in [0.2, 0.25) is 5.02 Å². The summed E-state index contributed by atoms with van der Waals surface area (Å²) in [6, 6.07) is 14.8. The summed E-state index contributed by atoms with van der Waals surface area (Å²) >= 11 is 5.98. The van der Waals surface area contributed by atoms with Crippen LogP contribution in [-0.4, -0.2) is 25.5 Å². The Morgan fingerprint density at radius 3 is 2.48 bits per heavy atom. The van der Waals surface area contributed by atoms with Crippen LogP contribution in [0.3, 0.4) is 0 Å². The van der Waals surface area contributed by atoms with Crippen LogP contribution in [0.5, 0.6) is 0 Å². The van der Waals surface area contributed by atoms with Gasteiger partial charge in [0.05, 0.1) is 22.5 Å². The van der Waals surface area contributed by atoms with Gasteiger partial charge in [-0.05, 0) is 56.2 Å². The summed E-state index contributed by atoms with van der Waals surface area (Å²) in [5.74, 6) is -0.308. The van der Waals surface area contributed by atoms with Crippen molar-refractivity contribution in [1.82, 2.24) is 19.6 Å². The molecule has 1 N–H and O–H groups in total. The second kappa shape index (κ2) is 8.35. The maximum atomic E-state index is 13.2. The van der Waals surface area contributed by atoms with E-state index >= 15 is 0 Å². The summed E-state index contributed by atoms with van der Waals surface area (Å²) in [4.78, 5) is 25.8. The zero-order valence-corrected chi connectivity index (χ0v) is 18.3. The standard InChI is InChI=1S/C23H22ClN5O2/c1-4-16-7-5-6-8-19(16)25-20(30)13-28-23(31)21-15(3)29(27-22(21)14(2)26-28)18-11-9-17(24)10-12-18/h5-12H,4,13H2,1-3H3,(H,25,30). The van der Waals surface area contributed by atoms with E-state index in [2.05, 4.69) is 15.5 Å². The SMILES string of the molecule is CCc1ccccc1NC(=O)Cn1nc(C)c2nn(-c3ccc(Cl)cc3)c(C)c2c1=O. The first-order chi connectivity index (χ1) is 14.9. The average Bonchev–Trinajstić information content (AvgIpc) is 3.10. The monoisotopic (exact) mass is 435 g/mol. The van der Waals surface area contributed by atoms with Crippen LogP contribution in [0, 0.1) is 13.8 Å². The second-order valence-corrected chi connectivity index (χ2v) is 7.74. The molecule has 0 fully saturated rings. The van der Waals surface area contributed by atoms with Gasteiger partial charge in [-0.25, -0.2) is 9.36 Å². The topological polar surface area (TPSA) is 81.8 Å². The third kappa shape index (κ3) is 3.96. The van der Waals surface area contributed by atoms with Crippen LogP contribution in [0.25, 0.3) is 16.6 Å². The van der Waals surface area contributed by atoms with E-state index in [9.17, 15) is 9.59 Å². The van der Waals surface area contributed by atoms with Gasteiger partial charge in [-0.15, -0.1) is 0 Å². The summed E-state index contributed by atoms with van der Waals surface area (Å²) in [7, 11) is 0. The lowest BCUT2D eigenvalue weighted by Crippen LogP contribution is -2.30. The first-order valence-corrected chi connectivity index (χ1v) is 10.4. The molecule has 0 atom stereocenters. The number of hydrogen-bond donors (Lipinski definition) is 1. The highest BCUT2D eigenvalue weighted by Gasteiger charge is 2.19. The number of aromatic nitrogens is 4. The van der Waals surface area contributed by atoms with E-state index < -0.39 is 0 Å². The Bertz CT molecular complexity index is 1340. The van der Waals surface area contributed by atoms with Crippen LogP contribution >= 0.6 is 11.6 Å². The molecule has 0 saturated heterocycles. The number of halogens is 1. The summed E-state index contributed by atoms with van der Waals surface area (Å²) in [5, 5.41) is 12.9. The van der Waals surface area contributed by atoms with E-state index in [1.165, 1.54) is 4.68 Å². The highest BCUT2D eigenvalue weighted by molar-refractivity contribution is 6.30. The van der Waals surface area contributed by atoms with Crippen molar-refractivity contribution in [1.29, 1.82) is 0 Å². The van der Waals surface area contributed by atoms with Gasteiger partial charge in [0, 0.05) is 10.7 Å². The lowest BCUT2D eigenvalue weighted by Gasteiger charge is -2.10. The van der Waals surface area contributed by atoms with Crippen molar-refractivity contribution in [3.8, 4) is 5.69 Å².